The predicted molar refractivity (Wildman–Crippen MR) is 121 cm³/mol. The first-order valence-corrected chi connectivity index (χ1v) is 10.6. The summed E-state index contributed by atoms with van der Waals surface area (Å²) in [4.78, 5) is 4.98. The second kappa shape index (κ2) is 9.73. The maximum atomic E-state index is 6.45. The van der Waals surface area contributed by atoms with Crippen molar-refractivity contribution in [2.24, 2.45) is 0 Å². The molecule has 0 radical (unpaired) electrons. The van der Waals surface area contributed by atoms with Crippen LogP contribution in [-0.4, -0.2) is 44.2 Å². The van der Waals surface area contributed by atoms with Gasteiger partial charge in [-0.25, -0.2) is 0 Å². The first kappa shape index (κ1) is 19.7. The van der Waals surface area contributed by atoms with Crippen LogP contribution < -0.4 is 4.90 Å². The highest BCUT2D eigenvalue weighted by Crippen LogP contribution is 2.28. The van der Waals surface area contributed by atoms with Gasteiger partial charge in [0.15, 0.2) is 0 Å². The molecule has 3 heteroatoms. The Morgan fingerprint density at radius 2 is 1.38 bits per heavy atom. The van der Waals surface area contributed by atoms with Crippen LogP contribution in [0.25, 0.3) is 0 Å². The summed E-state index contributed by atoms with van der Waals surface area (Å²) in [6, 6.07) is 29.8. The maximum absolute atomic E-state index is 6.45. The number of aryl methyl sites for hydroxylation is 1. The van der Waals surface area contributed by atoms with Crippen molar-refractivity contribution in [3.8, 4) is 0 Å². The van der Waals surface area contributed by atoms with Gasteiger partial charge in [0.05, 0.1) is 6.61 Å². The summed E-state index contributed by atoms with van der Waals surface area (Å²) < 4.78 is 6.45. The van der Waals surface area contributed by atoms with E-state index in [1.165, 1.54) is 22.4 Å². The van der Waals surface area contributed by atoms with Crippen LogP contribution >= 0.6 is 0 Å². The highest BCUT2D eigenvalue weighted by Gasteiger charge is 2.19. The van der Waals surface area contributed by atoms with Gasteiger partial charge in [0.2, 0.25) is 0 Å². The molecule has 3 aromatic carbocycles. The third kappa shape index (κ3) is 5.06. The zero-order valence-electron chi connectivity index (χ0n) is 17.2. The van der Waals surface area contributed by atoms with Gasteiger partial charge in [0.1, 0.15) is 6.10 Å². The smallest absolute Gasteiger partial charge is 0.108 e. The normalized spacial score (nSPS) is 16.0. The van der Waals surface area contributed by atoms with Crippen LogP contribution in [0, 0.1) is 6.92 Å². The fourth-order valence-corrected chi connectivity index (χ4v) is 4.04. The zero-order valence-corrected chi connectivity index (χ0v) is 17.2. The van der Waals surface area contributed by atoms with Crippen molar-refractivity contribution < 1.29 is 4.74 Å². The fraction of sp³-hybridized carbons (Fsp3) is 0.308. The predicted octanol–water partition coefficient (Wildman–Crippen LogP) is 4.92. The van der Waals surface area contributed by atoms with Crippen molar-refractivity contribution in [2.75, 3.05) is 44.2 Å². The van der Waals surface area contributed by atoms with E-state index in [1.54, 1.807) is 0 Å². The molecule has 0 aliphatic carbocycles. The van der Waals surface area contributed by atoms with Gasteiger partial charge in [-0.2, -0.15) is 0 Å². The van der Waals surface area contributed by atoms with Crippen molar-refractivity contribution in [3.63, 3.8) is 0 Å². The number of anilines is 1. The molecule has 0 amide bonds. The minimum Gasteiger partial charge on any atom is -0.369 e. The maximum Gasteiger partial charge on any atom is 0.108 e. The highest BCUT2D eigenvalue weighted by atomic mass is 16.5. The van der Waals surface area contributed by atoms with E-state index in [-0.39, 0.29) is 6.10 Å². The summed E-state index contributed by atoms with van der Waals surface area (Å²) in [5, 5.41) is 0. The lowest BCUT2D eigenvalue weighted by atomic mass is 9.97. The lowest BCUT2D eigenvalue weighted by Crippen LogP contribution is -2.47. The molecular weight excluding hydrogens is 356 g/mol. The van der Waals surface area contributed by atoms with E-state index in [4.69, 9.17) is 4.74 Å². The number of benzene rings is 3. The molecule has 1 aliphatic heterocycles. The molecule has 1 fully saturated rings. The number of piperazine rings is 1. The summed E-state index contributed by atoms with van der Waals surface area (Å²) >= 11 is 0. The highest BCUT2D eigenvalue weighted by molar-refractivity contribution is 5.46. The summed E-state index contributed by atoms with van der Waals surface area (Å²) in [5.41, 5.74) is 5.08. The van der Waals surface area contributed by atoms with Crippen molar-refractivity contribution in [3.05, 3.63) is 102 Å². The molecule has 1 saturated heterocycles. The number of hydrogen-bond donors (Lipinski definition) is 0. The average Bonchev–Trinajstić information content (AvgIpc) is 2.79. The lowest BCUT2D eigenvalue weighted by molar-refractivity contribution is 0.0583. The van der Waals surface area contributed by atoms with Crippen molar-refractivity contribution in [1.82, 2.24) is 4.90 Å². The molecule has 150 valence electrons. The van der Waals surface area contributed by atoms with Crippen LogP contribution in [0.4, 0.5) is 5.69 Å². The van der Waals surface area contributed by atoms with Crippen molar-refractivity contribution in [2.45, 2.75) is 13.0 Å². The zero-order chi connectivity index (χ0) is 19.9. The summed E-state index contributed by atoms with van der Waals surface area (Å²) in [6.07, 6.45) is -0.0111. The molecule has 0 bridgehead atoms. The van der Waals surface area contributed by atoms with E-state index in [2.05, 4.69) is 102 Å². The van der Waals surface area contributed by atoms with Gasteiger partial charge in [0.25, 0.3) is 0 Å². The van der Waals surface area contributed by atoms with Crippen molar-refractivity contribution in [1.29, 1.82) is 0 Å². The van der Waals surface area contributed by atoms with E-state index >= 15 is 0 Å². The van der Waals surface area contributed by atoms with Gasteiger partial charge in [-0.15, -0.1) is 0 Å². The van der Waals surface area contributed by atoms with E-state index < -0.39 is 0 Å². The van der Waals surface area contributed by atoms with Gasteiger partial charge in [-0.3, -0.25) is 4.90 Å². The van der Waals surface area contributed by atoms with Crippen molar-refractivity contribution >= 4 is 5.69 Å². The van der Waals surface area contributed by atoms with Crippen LogP contribution in [0.2, 0.25) is 0 Å². The molecule has 1 aliphatic rings. The molecule has 4 rings (SSSR count). The molecule has 3 aromatic rings. The molecular formula is C26H30N2O. The second-order valence-corrected chi connectivity index (χ2v) is 7.68. The quantitative estimate of drug-likeness (QED) is 0.573. The van der Waals surface area contributed by atoms with E-state index in [1.807, 2.05) is 0 Å². The lowest BCUT2D eigenvalue weighted by Gasteiger charge is -2.36. The second-order valence-electron chi connectivity index (χ2n) is 7.68. The van der Waals surface area contributed by atoms with Crippen LogP contribution in [0.15, 0.2) is 84.9 Å². The minimum atomic E-state index is -0.0111. The number of ether oxygens (including phenoxy) is 1. The monoisotopic (exact) mass is 386 g/mol. The van der Waals surface area contributed by atoms with Gasteiger partial charge >= 0.3 is 0 Å². The number of para-hydroxylation sites is 1. The molecule has 0 saturated carbocycles. The minimum absolute atomic E-state index is 0.0111. The Balaban J connectivity index is 1.34. The molecule has 0 spiro atoms. The van der Waals surface area contributed by atoms with Gasteiger partial charge < -0.3 is 9.64 Å². The first-order valence-electron chi connectivity index (χ1n) is 10.6. The fourth-order valence-electron chi connectivity index (χ4n) is 4.04. The molecule has 29 heavy (non-hydrogen) atoms. The Morgan fingerprint density at radius 1 is 0.759 bits per heavy atom. The van der Waals surface area contributed by atoms with E-state index in [0.717, 1.165) is 39.3 Å². The molecule has 1 heterocycles. The SMILES string of the molecule is Cc1ccccc1C(OCCN1CCN(c2ccccc2)CC1)c1ccccc1. The van der Waals surface area contributed by atoms with E-state index in [0.29, 0.717) is 0 Å². The summed E-state index contributed by atoms with van der Waals surface area (Å²) in [5.74, 6) is 0. The standard InChI is InChI=1S/C26H30N2O/c1-22-10-8-9-15-25(22)26(23-11-4-2-5-12-23)29-21-20-27-16-18-28(19-17-27)24-13-6-3-7-14-24/h2-15,26H,16-21H2,1H3. The van der Waals surface area contributed by atoms with E-state index in [9.17, 15) is 0 Å². The number of hydrogen-bond acceptors (Lipinski definition) is 3. The van der Waals surface area contributed by atoms with Crippen LogP contribution in [-0.2, 0) is 4.74 Å². The Bertz CT molecular complexity index is 873. The Hall–Kier alpha value is -2.62. The third-order valence-electron chi connectivity index (χ3n) is 5.76. The molecule has 0 aromatic heterocycles. The largest absolute Gasteiger partial charge is 0.369 e. The first-order chi connectivity index (χ1) is 14.3. The topological polar surface area (TPSA) is 15.7 Å². The summed E-state index contributed by atoms with van der Waals surface area (Å²) in [7, 11) is 0. The molecule has 0 N–H and O–H groups in total. The Labute approximate surface area is 174 Å². The van der Waals surface area contributed by atoms with Crippen LogP contribution in [0.3, 0.4) is 0 Å². The molecule has 1 unspecified atom stereocenters. The number of rotatable bonds is 7. The van der Waals surface area contributed by atoms with Crippen LogP contribution in [0.1, 0.15) is 22.8 Å². The van der Waals surface area contributed by atoms with Gasteiger partial charge in [-0.1, -0.05) is 72.8 Å². The molecule has 1 atom stereocenters. The molecule has 3 nitrogen and oxygen atoms in total. The number of nitrogens with zero attached hydrogens (tertiary/aromatic N) is 2. The third-order valence-corrected chi connectivity index (χ3v) is 5.76. The van der Waals surface area contributed by atoms with Gasteiger partial charge in [-0.05, 0) is 35.7 Å². The van der Waals surface area contributed by atoms with Gasteiger partial charge in [0, 0.05) is 38.4 Å². The Morgan fingerprint density at radius 3 is 2.07 bits per heavy atom. The Kier molecular flexibility index (Phi) is 6.60. The van der Waals surface area contributed by atoms with Crippen LogP contribution in [0.5, 0.6) is 0 Å². The summed E-state index contributed by atoms with van der Waals surface area (Å²) in [6.45, 7) is 8.18. The average molecular weight is 387 g/mol.